The van der Waals surface area contributed by atoms with Crippen LogP contribution < -0.4 is 5.73 Å². The Kier molecular flexibility index (Phi) is 5.43. The first-order chi connectivity index (χ1) is 7.67. The average Bonchev–Trinajstić information content (AvgIpc) is 2.26. The summed E-state index contributed by atoms with van der Waals surface area (Å²) in [5, 5.41) is 0. The van der Waals surface area contributed by atoms with E-state index in [1.54, 1.807) is 19.2 Å². The van der Waals surface area contributed by atoms with Crippen LogP contribution in [0.25, 0.3) is 0 Å². The van der Waals surface area contributed by atoms with Gasteiger partial charge in [-0.2, -0.15) is 0 Å². The molecule has 0 bridgehead atoms. The lowest BCUT2D eigenvalue weighted by atomic mass is 9.88. The standard InChI is InChI=1S/C13H20FNO/c1-10(9-16-2)12(8-15)6-11-4-3-5-13(14)7-11/h3-5,7,10,12H,6,8-9,15H2,1-2H3. The van der Waals surface area contributed by atoms with Crippen LogP contribution in [-0.2, 0) is 11.2 Å². The van der Waals surface area contributed by atoms with Crippen molar-refractivity contribution in [1.82, 2.24) is 0 Å². The normalized spacial score (nSPS) is 14.8. The van der Waals surface area contributed by atoms with Crippen molar-refractivity contribution in [2.75, 3.05) is 20.3 Å². The van der Waals surface area contributed by atoms with Gasteiger partial charge in [-0.1, -0.05) is 19.1 Å². The summed E-state index contributed by atoms with van der Waals surface area (Å²) in [7, 11) is 1.69. The Hall–Kier alpha value is -0.930. The number of hydrogen-bond donors (Lipinski definition) is 1. The zero-order chi connectivity index (χ0) is 12.0. The van der Waals surface area contributed by atoms with Crippen LogP contribution in [0.4, 0.5) is 4.39 Å². The van der Waals surface area contributed by atoms with Gasteiger partial charge in [-0.15, -0.1) is 0 Å². The second-order valence-electron chi connectivity index (χ2n) is 4.26. The summed E-state index contributed by atoms with van der Waals surface area (Å²) in [5.41, 5.74) is 6.74. The fraction of sp³-hybridized carbons (Fsp3) is 0.538. The molecule has 2 nitrogen and oxygen atoms in total. The quantitative estimate of drug-likeness (QED) is 0.805. The molecule has 0 aliphatic carbocycles. The summed E-state index contributed by atoms with van der Waals surface area (Å²) in [4.78, 5) is 0. The van der Waals surface area contributed by atoms with E-state index in [-0.39, 0.29) is 5.82 Å². The van der Waals surface area contributed by atoms with E-state index < -0.39 is 0 Å². The Morgan fingerprint density at radius 3 is 2.75 bits per heavy atom. The second kappa shape index (κ2) is 6.61. The molecule has 0 heterocycles. The van der Waals surface area contributed by atoms with Gasteiger partial charge in [0.15, 0.2) is 0 Å². The highest BCUT2D eigenvalue weighted by Crippen LogP contribution is 2.17. The van der Waals surface area contributed by atoms with E-state index in [0.717, 1.165) is 12.0 Å². The molecule has 16 heavy (non-hydrogen) atoms. The molecule has 1 rings (SSSR count). The molecule has 0 amide bonds. The number of rotatable bonds is 6. The van der Waals surface area contributed by atoms with Crippen molar-refractivity contribution in [3.8, 4) is 0 Å². The molecule has 0 spiro atoms. The fourth-order valence-electron chi connectivity index (χ4n) is 1.88. The SMILES string of the molecule is COCC(C)C(CN)Cc1cccc(F)c1. The van der Waals surface area contributed by atoms with Crippen molar-refractivity contribution in [1.29, 1.82) is 0 Å². The van der Waals surface area contributed by atoms with Crippen LogP contribution in [0.15, 0.2) is 24.3 Å². The first-order valence-corrected chi connectivity index (χ1v) is 5.60. The summed E-state index contributed by atoms with van der Waals surface area (Å²) in [6.07, 6.45) is 0.804. The lowest BCUT2D eigenvalue weighted by Gasteiger charge is -2.21. The molecule has 0 aromatic heterocycles. The van der Waals surface area contributed by atoms with Crippen molar-refractivity contribution in [2.24, 2.45) is 17.6 Å². The summed E-state index contributed by atoms with van der Waals surface area (Å²) in [5.74, 6) is 0.535. The Morgan fingerprint density at radius 1 is 1.44 bits per heavy atom. The van der Waals surface area contributed by atoms with Gasteiger partial charge in [-0.3, -0.25) is 0 Å². The van der Waals surface area contributed by atoms with Gasteiger partial charge in [0.25, 0.3) is 0 Å². The first kappa shape index (κ1) is 13.1. The zero-order valence-electron chi connectivity index (χ0n) is 9.95. The first-order valence-electron chi connectivity index (χ1n) is 5.60. The van der Waals surface area contributed by atoms with Crippen molar-refractivity contribution in [3.63, 3.8) is 0 Å². The molecular formula is C13H20FNO. The smallest absolute Gasteiger partial charge is 0.123 e. The molecule has 0 saturated heterocycles. The number of hydrogen-bond acceptors (Lipinski definition) is 2. The number of ether oxygens (including phenoxy) is 1. The van der Waals surface area contributed by atoms with Crippen LogP contribution >= 0.6 is 0 Å². The van der Waals surface area contributed by atoms with Crippen LogP contribution in [0.1, 0.15) is 12.5 Å². The van der Waals surface area contributed by atoms with Gasteiger partial charge in [0.05, 0.1) is 0 Å². The Bertz CT molecular complexity index is 317. The Balaban J connectivity index is 2.62. The van der Waals surface area contributed by atoms with Gasteiger partial charge >= 0.3 is 0 Å². The van der Waals surface area contributed by atoms with E-state index in [9.17, 15) is 4.39 Å². The highest BCUT2D eigenvalue weighted by molar-refractivity contribution is 5.17. The van der Waals surface area contributed by atoms with Crippen LogP contribution in [0.2, 0.25) is 0 Å². The predicted octanol–water partition coefficient (Wildman–Crippen LogP) is 2.23. The minimum Gasteiger partial charge on any atom is -0.384 e. The van der Waals surface area contributed by atoms with Crippen molar-refractivity contribution < 1.29 is 9.13 Å². The Morgan fingerprint density at radius 2 is 2.19 bits per heavy atom. The van der Waals surface area contributed by atoms with E-state index in [0.29, 0.717) is 25.0 Å². The highest BCUT2D eigenvalue weighted by atomic mass is 19.1. The van der Waals surface area contributed by atoms with E-state index >= 15 is 0 Å². The zero-order valence-corrected chi connectivity index (χ0v) is 9.95. The number of methoxy groups -OCH3 is 1. The third-order valence-corrected chi connectivity index (χ3v) is 2.92. The fourth-order valence-corrected chi connectivity index (χ4v) is 1.88. The molecule has 1 aromatic carbocycles. The maximum absolute atomic E-state index is 13.0. The molecule has 1 aromatic rings. The predicted molar refractivity (Wildman–Crippen MR) is 63.7 cm³/mol. The molecule has 0 aliphatic rings. The molecule has 2 unspecified atom stereocenters. The van der Waals surface area contributed by atoms with Crippen molar-refractivity contribution in [2.45, 2.75) is 13.3 Å². The van der Waals surface area contributed by atoms with Crippen LogP contribution in [0.5, 0.6) is 0 Å². The van der Waals surface area contributed by atoms with Gasteiger partial charge in [-0.25, -0.2) is 4.39 Å². The van der Waals surface area contributed by atoms with Crippen molar-refractivity contribution >= 4 is 0 Å². The van der Waals surface area contributed by atoms with Gasteiger partial charge < -0.3 is 10.5 Å². The van der Waals surface area contributed by atoms with Crippen LogP contribution in [0.3, 0.4) is 0 Å². The molecule has 0 fully saturated rings. The van der Waals surface area contributed by atoms with E-state index in [4.69, 9.17) is 10.5 Å². The molecule has 0 aliphatic heterocycles. The van der Waals surface area contributed by atoms with E-state index in [2.05, 4.69) is 6.92 Å². The minimum atomic E-state index is -0.187. The average molecular weight is 225 g/mol. The van der Waals surface area contributed by atoms with Gasteiger partial charge in [0, 0.05) is 13.7 Å². The molecule has 2 N–H and O–H groups in total. The maximum atomic E-state index is 13.0. The van der Waals surface area contributed by atoms with Gasteiger partial charge in [0.1, 0.15) is 5.82 Å². The van der Waals surface area contributed by atoms with Gasteiger partial charge in [-0.05, 0) is 42.5 Å². The third kappa shape index (κ3) is 3.91. The second-order valence-corrected chi connectivity index (χ2v) is 4.26. The monoisotopic (exact) mass is 225 g/mol. The lowest BCUT2D eigenvalue weighted by Crippen LogP contribution is -2.26. The molecule has 2 atom stereocenters. The molecule has 0 radical (unpaired) electrons. The third-order valence-electron chi connectivity index (χ3n) is 2.92. The number of halogens is 1. The maximum Gasteiger partial charge on any atom is 0.123 e. The van der Waals surface area contributed by atoms with Crippen molar-refractivity contribution in [3.05, 3.63) is 35.6 Å². The lowest BCUT2D eigenvalue weighted by molar-refractivity contribution is 0.131. The number of nitrogens with two attached hydrogens (primary N) is 1. The topological polar surface area (TPSA) is 35.2 Å². The summed E-state index contributed by atoms with van der Waals surface area (Å²) < 4.78 is 18.1. The van der Waals surface area contributed by atoms with E-state index in [1.165, 1.54) is 6.07 Å². The van der Waals surface area contributed by atoms with Crippen LogP contribution in [-0.4, -0.2) is 20.3 Å². The summed E-state index contributed by atoms with van der Waals surface area (Å²) in [6.45, 7) is 3.40. The van der Waals surface area contributed by atoms with E-state index in [1.807, 2.05) is 6.07 Å². The van der Waals surface area contributed by atoms with Gasteiger partial charge in [0.2, 0.25) is 0 Å². The number of benzene rings is 1. The van der Waals surface area contributed by atoms with Crippen LogP contribution in [0, 0.1) is 17.7 Å². The molecule has 90 valence electrons. The summed E-state index contributed by atoms with van der Waals surface area (Å²) in [6, 6.07) is 6.70. The Labute approximate surface area is 96.6 Å². The summed E-state index contributed by atoms with van der Waals surface area (Å²) >= 11 is 0. The molecule has 3 heteroatoms. The molecule has 0 saturated carbocycles. The molecular weight excluding hydrogens is 205 g/mol. The highest BCUT2D eigenvalue weighted by Gasteiger charge is 2.16. The largest absolute Gasteiger partial charge is 0.384 e. The minimum absolute atomic E-state index is 0.187.